The Morgan fingerprint density at radius 2 is 1.85 bits per heavy atom. The van der Waals surface area contributed by atoms with Gasteiger partial charge in [0.15, 0.2) is 0 Å². The zero-order chi connectivity index (χ0) is 18.1. The maximum atomic E-state index is 13.3. The number of aryl methyl sites for hydroxylation is 1. The van der Waals surface area contributed by atoms with Crippen LogP contribution in [0.25, 0.3) is 22.0 Å². The number of hydrogen-bond donors (Lipinski definition) is 1. The maximum Gasteiger partial charge on any atom is 0.252 e. The number of halogens is 1. The highest BCUT2D eigenvalue weighted by atomic mass is 19.1. The van der Waals surface area contributed by atoms with Crippen LogP contribution in [0.5, 0.6) is 0 Å². The van der Waals surface area contributed by atoms with E-state index in [2.05, 4.69) is 10.3 Å². The van der Waals surface area contributed by atoms with Crippen molar-refractivity contribution in [2.75, 3.05) is 0 Å². The van der Waals surface area contributed by atoms with Gasteiger partial charge in [0.1, 0.15) is 5.82 Å². The van der Waals surface area contributed by atoms with Crippen LogP contribution in [0.4, 0.5) is 4.39 Å². The quantitative estimate of drug-likeness (QED) is 0.722. The van der Waals surface area contributed by atoms with E-state index >= 15 is 0 Å². The van der Waals surface area contributed by atoms with Crippen molar-refractivity contribution in [1.29, 1.82) is 0 Å². The van der Waals surface area contributed by atoms with Crippen LogP contribution >= 0.6 is 0 Å². The Balaban J connectivity index is 1.80. The molecule has 4 rings (SSSR count). The molecular formula is C22H21FN2O. The van der Waals surface area contributed by atoms with E-state index in [0.717, 1.165) is 40.6 Å². The largest absolute Gasteiger partial charge is 0.349 e. The smallest absolute Gasteiger partial charge is 0.252 e. The molecule has 0 aliphatic heterocycles. The van der Waals surface area contributed by atoms with Gasteiger partial charge in [-0.1, -0.05) is 43.2 Å². The molecule has 0 saturated heterocycles. The number of nitrogens with one attached hydrogen (secondary N) is 1. The Morgan fingerprint density at radius 1 is 1.12 bits per heavy atom. The van der Waals surface area contributed by atoms with Crippen molar-refractivity contribution in [1.82, 2.24) is 10.3 Å². The number of fused-ring (bicyclic) bond motifs is 1. The predicted octanol–water partition coefficient (Wildman–Crippen LogP) is 5.02. The minimum Gasteiger partial charge on any atom is -0.349 e. The second-order valence-corrected chi connectivity index (χ2v) is 6.97. The lowest BCUT2D eigenvalue weighted by atomic mass is 9.98. The molecule has 132 valence electrons. The minimum atomic E-state index is -0.269. The van der Waals surface area contributed by atoms with Crippen LogP contribution in [-0.2, 0) is 0 Å². The van der Waals surface area contributed by atoms with E-state index < -0.39 is 0 Å². The third-order valence-corrected chi connectivity index (χ3v) is 5.06. The molecule has 2 aromatic carbocycles. The first kappa shape index (κ1) is 16.7. The first-order valence-electron chi connectivity index (χ1n) is 9.09. The lowest BCUT2D eigenvalue weighted by Gasteiger charge is -2.15. The van der Waals surface area contributed by atoms with Crippen LogP contribution in [0.1, 0.15) is 41.7 Å². The highest BCUT2D eigenvalue weighted by Gasteiger charge is 2.20. The molecule has 1 fully saturated rings. The number of pyridine rings is 1. The van der Waals surface area contributed by atoms with E-state index in [1.807, 2.05) is 31.2 Å². The van der Waals surface area contributed by atoms with E-state index in [9.17, 15) is 9.18 Å². The Kier molecular flexibility index (Phi) is 4.41. The van der Waals surface area contributed by atoms with Gasteiger partial charge in [0.05, 0.1) is 11.1 Å². The summed E-state index contributed by atoms with van der Waals surface area (Å²) in [5.74, 6) is -0.307. The number of carbonyl (C=O) groups excluding carboxylic acids is 1. The van der Waals surface area contributed by atoms with Gasteiger partial charge in [-0.2, -0.15) is 0 Å². The van der Waals surface area contributed by atoms with Crippen molar-refractivity contribution in [2.24, 2.45) is 0 Å². The van der Waals surface area contributed by atoms with Crippen molar-refractivity contribution in [2.45, 2.75) is 38.6 Å². The molecule has 3 nitrogen and oxygen atoms in total. The van der Waals surface area contributed by atoms with Crippen molar-refractivity contribution < 1.29 is 9.18 Å². The molecular weight excluding hydrogens is 327 g/mol. The average molecular weight is 348 g/mol. The van der Waals surface area contributed by atoms with Crippen molar-refractivity contribution >= 4 is 16.8 Å². The van der Waals surface area contributed by atoms with Crippen LogP contribution in [0.15, 0.2) is 48.5 Å². The van der Waals surface area contributed by atoms with E-state index in [0.29, 0.717) is 5.56 Å². The van der Waals surface area contributed by atoms with E-state index in [1.165, 1.54) is 25.0 Å². The summed E-state index contributed by atoms with van der Waals surface area (Å²) in [6, 6.07) is 14.3. The molecule has 26 heavy (non-hydrogen) atoms. The zero-order valence-corrected chi connectivity index (χ0v) is 14.8. The van der Waals surface area contributed by atoms with Crippen LogP contribution < -0.4 is 5.32 Å². The molecule has 0 unspecified atom stereocenters. The summed E-state index contributed by atoms with van der Waals surface area (Å²) in [7, 11) is 0. The van der Waals surface area contributed by atoms with Crippen molar-refractivity contribution in [3.05, 3.63) is 65.6 Å². The van der Waals surface area contributed by atoms with Crippen LogP contribution in [-0.4, -0.2) is 16.9 Å². The molecule has 0 spiro atoms. The molecule has 1 aliphatic carbocycles. The summed E-state index contributed by atoms with van der Waals surface area (Å²) in [5, 5.41) is 3.99. The van der Waals surface area contributed by atoms with Crippen molar-refractivity contribution in [3.8, 4) is 11.1 Å². The monoisotopic (exact) mass is 348 g/mol. The van der Waals surface area contributed by atoms with Gasteiger partial charge in [-0.3, -0.25) is 9.78 Å². The van der Waals surface area contributed by atoms with Gasteiger partial charge in [-0.05, 0) is 43.5 Å². The number of rotatable bonds is 3. The van der Waals surface area contributed by atoms with Gasteiger partial charge in [0, 0.05) is 22.7 Å². The molecule has 0 radical (unpaired) electrons. The predicted molar refractivity (Wildman–Crippen MR) is 102 cm³/mol. The number of para-hydroxylation sites is 1. The third-order valence-electron chi connectivity index (χ3n) is 5.06. The summed E-state index contributed by atoms with van der Waals surface area (Å²) in [5.41, 5.74) is 4.01. The van der Waals surface area contributed by atoms with Crippen molar-refractivity contribution in [3.63, 3.8) is 0 Å². The molecule has 1 heterocycles. The lowest BCUT2D eigenvalue weighted by Crippen LogP contribution is -2.32. The summed E-state index contributed by atoms with van der Waals surface area (Å²) >= 11 is 0. The second kappa shape index (κ2) is 6.87. The number of amides is 1. The molecule has 1 N–H and O–H groups in total. The van der Waals surface area contributed by atoms with Gasteiger partial charge in [0.2, 0.25) is 0 Å². The first-order valence-corrected chi connectivity index (χ1v) is 9.09. The summed E-state index contributed by atoms with van der Waals surface area (Å²) in [6.07, 6.45) is 4.45. The highest BCUT2D eigenvalue weighted by molar-refractivity contribution is 6.09. The topological polar surface area (TPSA) is 42.0 Å². The average Bonchev–Trinajstić information content (AvgIpc) is 3.14. The third kappa shape index (κ3) is 3.19. The SMILES string of the molecule is Cc1cc(C(=O)NC2CCCC2)c2cccc(-c3ccc(F)cc3)c2n1. The number of aromatic nitrogens is 1. The van der Waals surface area contributed by atoms with E-state index in [-0.39, 0.29) is 17.8 Å². The summed E-state index contributed by atoms with van der Waals surface area (Å²) in [6.45, 7) is 1.90. The number of carbonyl (C=O) groups is 1. The van der Waals surface area contributed by atoms with Gasteiger partial charge in [-0.25, -0.2) is 4.39 Å². The second-order valence-electron chi connectivity index (χ2n) is 6.97. The van der Waals surface area contributed by atoms with E-state index in [1.54, 1.807) is 12.1 Å². The van der Waals surface area contributed by atoms with Crippen LogP contribution in [0.3, 0.4) is 0 Å². The molecule has 1 amide bonds. The van der Waals surface area contributed by atoms with Crippen LogP contribution in [0.2, 0.25) is 0 Å². The summed E-state index contributed by atoms with van der Waals surface area (Å²) in [4.78, 5) is 17.5. The lowest BCUT2D eigenvalue weighted by molar-refractivity contribution is 0.0939. The first-order chi connectivity index (χ1) is 12.6. The molecule has 4 heteroatoms. The Morgan fingerprint density at radius 3 is 2.58 bits per heavy atom. The molecule has 0 atom stereocenters. The van der Waals surface area contributed by atoms with Gasteiger partial charge in [-0.15, -0.1) is 0 Å². The van der Waals surface area contributed by atoms with Crippen LogP contribution in [0, 0.1) is 12.7 Å². The normalized spacial score (nSPS) is 14.7. The molecule has 3 aromatic rings. The number of hydrogen-bond acceptors (Lipinski definition) is 2. The minimum absolute atomic E-state index is 0.0383. The Labute approximate surface area is 152 Å². The molecule has 1 aliphatic rings. The number of nitrogens with zero attached hydrogens (tertiary/aromatic N) is 1. The molecule has 1 saturated carbocycles. The zero-order valence-electron chi connectivity index (χ0n) is 14.8. The van der Waals surface area contributed by atoms with Gasteiger partial charge in [0.25, 0.3) is 5.91 Å². The molecule has 0 bridgehead atoms. The maximum absolute atomic E-state index is 13.3. The highest BCUT2D eigenvalue weighted by Crippen LogP contribution is 2.30. The molecule has 1 aromatic heterocycles. The number of benzene rings is 2. The fraction of sp³-hybridized carbons (Fsp3) is 0.273. The van der Waals surface area contributed by atoms with Gasteiger partial charge >= 0.3 is 0 Å². The van der Waals surface area contributed by atoms with Gasteiger partial charge < -0.3 is 5.32 Å². The summed E-state index contributed by atoms with van der Waals surface area (Å²) < 4.78 is 13.3. The fourth-order valence-electron chi connectivity index (χ4n) is 3.76. The Hall–Kier alpha value is -2.75. The standard InChI is InChI=1S/C22H21FN2O/c1-14-13-20(22(26)25-17-5-2-3-6-17)19-8-4-7-18(21(19)24-14)15-9-11-16(23)12-10-15/h4,7-13,17H,2-3,5-6H2,1H3,(H,25,26). The Bertz CT molecular complexity index is 960. The fourth-order valence-corrected chi connectivity index (χ4v) is 3.76. The van der Waals surface area contributed by atoms with E-state index in [4.69, 9.17) is 0 Å².